The Morgan fingerprint density at radius 2 is 2.25 bits per heavy atom. The van der Waals surface area contributed by atoms with Crippen molar-refractivity contribution in [1.29, 1.82) is 0 Å². The quantitative estimate of drug-likeness (QED) is 0.568. The van der Waals surface area contributed by atoms with Crippen LogP contribution >= 0.6 is 12.6 Å². The summed E-state index contributed by atoms with van der Waals surface area (Å²) in [4.78, 5) is 0.873. The van der Waals surface area contributed by atoms with E-state index in [4.69, 9.17) is 9.47 Å². The summed E-state index contributed by atoms with van der Waals surface area (Å²) >= 11 is 4.25. The Bertz CT molecular complexity index is 271. The van der Waals surface area contributed by atoms with Crippen LogP contribution in [0.15, 0.2) is 29.2 Å². The number of benzene rings is 1. The molecule has 12 heavy (non-hydrogen) atoms. The van der Waals surface area contributed by atoms with Crippen LogP contribution < -0.4 is 4.74 Å². The summed E-state index contributed by atoms with van der Waals surface area (Å²) in [6.07, 6.45) is 0.304. The van der Waals surface area contributed by atoms with Gasteiger partial charge in [0.1, 0.15) is 18.5 Å². The smallest absolute Gasteiger partial charge is 0.132 e. The highest BCUT2D eigenvalue weighted by Gasteiger charge is 2.23. The minimum atomic E-state index is 0.304. The minimum Gasteiger partial charge on any atom is -0.490 e. The molecule has 2 rings (SSSR count). The van der Waals surface area contributed by atoms with E-state index in [0.29, 0.717) is 12.7 Å². The van der Waals surface area contributed by atoms with Crippen LogP contribution in [-0.2, 0) is 4.74 Å². The van der Waals surface area contributed by atoms with Crippen LogP contribution in [0.4, 0.5) is 0 Å². The van der Waals surface area contributed by atoms with Gasteiger partial charge in [-0.1, -0.05) is 12.1 Å². The molecule has 0 N–H and O–H groups in total. The van der Waals surface area contributed by atoms with Crippen molar-refractivity contribution in [3.8, 4) is 5.75 Å². The fourth-order valence-electron chi connectivity index (χ4n) is 0.926. The Kier molecular flexibility index (Phi) is 2.23. The molecule has 1 unspecified atom stereocenters. The topological polar surface area (TPSA) is 21.8 Å². The van der Waals surface area contributed by atoms with Gasteiger partial charge in [0.05, 0.1) is 6.61 Å². The first kappa shape index (κ1) is 7.95. The molecule has 1 aromatic rings. The number of epoxide rings is 1. The lowest BCUT2D eigenvalue weighted by Crippen LogP contribution is -2.04. The first-order valence-corrected chi connectivity index (χ1v) is 4.33. The van der Waals surface area contributed by atoms with Gasteiger partial charge in [-0.3, -0.25) is 0 Å². The summed E-state index contributed by atoms with van der Waals surface area (Å²) in [6, 6.07) is 7.68. The molecule has 0 aliphatic carbocycles. The van der Waals surface area contributed by atoms with Gasteiger partial charge >= 0.3 is 0 Å². The molecule has 1 atom stereocenters. The fourth-order valence-corrected chi connectivity index (χ4v) is 1.15. The first-order valence-electron chi connectivity index (χ1n) is 3.88. The molecule has 1 aliphatic heterocycles. The average molecular weight is 182 g/mol. The summed E-state index contributed by atoms with van der Waals surface area (Å²) < 4.78 is 10.5. The Morgan fingerprint density at radius 1 is 1.50 bits per heavy atom. The third-order valence-electron chi connectivity index (χ3n) is 1.69. The number of ether oxygens (including phenoxy) is 2. The highest BCUT2D eigenvalue weighted by molar-refractivity contribution is 7.80. The van der Waals surface area contributed by atoms with Gasteiger partial charge in [0.15, 0.2) is 0 Å². The van der Waals surface area contributed by atoms with Crippen molar-refractivity contribution < 1.29 is 9.47 Å². The van der Waals surface area contributed by atoms with E-state index >= 15 is 0 Å². The molecule has 1 heterocycles. The first-order chi connectivity index (χ1) is 5.86. The molecule has 1 aliphatic rings. The van der Waals surface area contributed by atoms with Crippen molar-refractivity contribution in [2.45, 2.75) is 11.0 Å². The SMILES string of the molecule is Sc1ccccc1OCC1CO1. The van der Waals surface area contributed by atoms with Gasteiger partial charge in [-0.05, 0) is 12.1 Å². The Hall–Kier alpha value is -0.670. The second kappa shape index (κ2) is 3.37. The normalized spacial score (nSPS) is 20.6. The third kappa shape index (κ3) is 1.93. The van der Waals surface area contributed by atoms with Crippen molar-refractivity contribution in [2.24, 2.45) is 0 Å². The van der Waals surface area contributed by atoms with Gasteiger partial charge in [0.2, 0.25) is 0 Å². The highest BCUT2D eigenvalue weighted by Crippen LogP contribution is 2.22. The summed E-state index contributed by atoms with van der Waals surface area (Å²) in [5, 5.41) is 0. The zero-order valence-corrected chi connectivity index (χ0v) is 7.46. The van der Waals surface area contributed by atoms with Crippen molar-refractivity contribution in [3.63, 3.8) is 0 Å². The lowest BCUT2D eigenvalue weighted by Gasteiger charge is -2.05. The molecule has 0 saturated carbocycles. The van der Waals surface area contributed by atoms with E-state index in [-0.39, 0.29) is 0 Å². The van der Waals surface area contributed by atoms with Gasteiger partial charge < -0.3 is 9.47 Å². The van der Waals surface area contributed by atoms with E-state index in [2.05, 4.69) is 12.6 Å². The number of hydrogen-bond donors (Lipinski definition) is 1. The monoisotopic (exact) mass is 182 g/mol. The molecule has 3 heteroatoms. The molecule has 0 bridgehead atoms. The lowest BCUT2D eigenvalue weighted by atomic mass is 10.3. The van der Waals surface area contributed by atoms with Gasteiger partial charge in [-0.2, -0.15) is 0 Å². The third-order valence-corrected chi connectivity index (χ3v) is 2.06. The van der Waals surface area contributed by atoms with Crippen LogP contribution in [0.1, 0.15) is 0 Å². The van der Waals surface area contributed by atoms with Crippen molar-refractivity contribution >= 4 is 12.6 Å². The summed E-state index contributed by atoms with van der Waals surface area (Å²) in [5.74, 6) is 0.830. The fraction of sp³-hybridized carbons (Fsp3) is 0.333. The van der Waals surface area contributed by atoms with Crippen LogP contribution in [0.3, 0.4) is 0 Å². The molecule has 1 saturated heterocycles. The molecule has 0 amide bonds. The van der Waals surface area contributed by atoms with Crippen LogP contribution in [0.25, 0.3) is 0 Å². The van der Waals surface area contributed by atoms with Crippen LogP contribution in [0.2, 0.25) is 0 Å². The molecular formula is C9H10O2S. The number of para-hydroxylation sites is 1. The van der Waals surface area contributed by atoms with Crippen molar-refractivity contribution in [1.82, 2.24) is 0 Å². The second-order valence-corrected chi connectivity index (χ2v) is 3.22. The molecule has 64 valence electrons. The van der Waals surface area contributed by atoms with Gasteiger partial charge in [-0.25, -0.2) is 0 Å². The van der Waals surface area contributed by atoms with Crippen LogP contribution in [0, 0.1) is 0 Å². The predicted molar refractivity (Wildman–Crippen MR) is 48.9 cm³/mol. The van der Waals surface area contributed by atoms with Crippen molar-refractivity contribution in [3.05, 3.63) is 24.3 Å². The van der Waals surface area contributed by atoms with Gasteiger partial charge in [0.25, 0.3) is 0 Å². The van der Waals surface area contributed by atoms with Gasteiger partial charge in [0, 0.05) is 4.90 Å². The lowest BCUT2D eigenvalue weighted by molar-refractivity contribution is 0.258. The van der Waals surface area contributed by atoms with E-state index < -0.39 is 0 Å². The van der Waals surface area contributed by atoms with Crippen molar-refractivity contribution in [2.75, 3.05) is 13.2 Å². The Balaban J connectivity index is 1.96. The Labute approximate surface area is 76.9 Å². The Morgan fingerprint density at radius 3 is 2.92 bits per heavy atom. The van der Waals surface area contributed by atoms with E-state index in [1.165, 1.54) is 0 Å². The summed E-state index contributed by atoms with van der Waals surface area (Å²) in [5.41, 5.74) is 0. The van der Waals surface area contributed by atoms with Gasteiger partial charge in [-0.15, -0.1) is 12.6 Å². The molecule has 0 spiro atoms. The number of thiol groups is 1. The zero-order valence-electron chi connectivity index (χ0n) is 6.56. The second-order valence-electron chi connectivity index (χ2n) is 2.73. The maximum absolute atomic E-state index is 5.46. The average Bonchev–Trinajstić information content (AvgIpc) is 2.86. The maximum Gasteiger partial charge on any atom is 0.132 e. The number of hydrogen-bond acceptors (Lipinski definition) is 3. The van der Waals surface area contributed by atoms with E-state index in [9.17, 15) is 0 Å². The predicted octanol–water partition coefficient (Wildman–Crippen LogP) is 1.75. The summed E-state index contributed by atoms with van der Waals surface area (Å²) in [7, 11) is 0. The largest absolute Gasteiger partial charge is 0.490 e. The standard InChI is InChI=1S/C9H10O2S/c12-9-4-2-1-3-8(9)11-6-7-5-10-7/h1-4,7,12H,5-6H2. The van der Waals surface area contributed by atoms with E-state index in [1.54, 1.807) is 0 Å². The molecule has 1 fully saturated rings. The van der Waals surface area contributed by atoms with E-state index in [1.807, 2.05) is 24.3 Å². The molecule has 0 radical (unpaired) electrons. The number of rotatable bonds is 3. The molecular weight excluding hydrogens is 172 g/mol. The van der Waals surface area contributed by atoms with Crippen LogP contribution in [0.5, 0.6) is 5.75 Å². The van der Waals surface area contributed by atoms with E-state index in [0.717, 1.165) is 17.3 Å². The highest BCUT2D eigenvalue weighted by atomic mass is 32.1. The zero-order chi connectivity index (χ0) is 8.39. The molecule has 0 aromatic heterocycles. The summed E-state index contributed by atoms with van der Waals surface area (Å²) in [6.45, 7) is 1.46. The molecule has 2 nitrogen and oxygen atoms in total. The van der Waals surface area contributed by atoms with Crippen LogP contribution in [-0.4, -0.2) is 19.3 Å². The maximum atomic E-state index is 5.46. The minimum absolute atomic E-state index is 0.304. The molecule has 1 aromatic carbocycles.